The van der Waals surface area contributed by atoms with Crippen molar-refractivity contribution in [3.05, 3.63) is 80.6 Å². The van der Waals surface area contributed by atoms with Crippen LogP contribution in [0.25, 0.3) is 31.8 Å². The van der Waals surface area contributed by atoms with Crippen molar-refractivity contribution in [1.29, 1.82) is 0 Å². The predicted molar refractivity (Wildman–Crippen MR) is 142 cm³/mol. The Labute approximate surface area is 213 Å². The van der Waals surface area contributed by atoms with Gasteiger partial charge in [-0.05, 0) is 60.0 Å². The molecule has 2 heterocycles. The van der Waals surface area contributed by atoms with E-state index in [0.717, 1.165) is 37.5 Å². The number of fused-ring (bicyclic) bond motifs is 4. The van der Waals surface area contributed by atoms with Crippen molar-refractivity contribution >= 4 is 60.9 Å². The second-order valence-electron chi connectivity index (χ2n) is 8.74. The molecule has 188 valence electrons. The van der Waals surface area contributed by atoms with Crippen LogP contribution in [0.15, 0.2) is 58.1 Å². The van der Waals surface area contributed by atoms with Crippen molar-refractivity contribution in [3.63, 3.8) is 0 Å². The summed E-state index contributed by atoms with van der Waals surface area (Å²) in [5.74, 6) is -1.82. The zero-order valence-electron chi connectivity index (χ0n) is 19.6. The number of anilines is 1. The normalized spacial score (nSPS) is 12.2. The summed E-state index contributed by atoms with van der Waals surface area (Å²) in [5, 5.41) is 24.4. The van der Waals surface area contributed by atoms with Gasteiger partial charge < -0.3 is 20.5 Å². The van der Waals surface area contributed by atoms with Crippen molar-refractivity contribution in [2.75, 3.05) is 5.32 Å². The maximum Gasteiger partial charge on any atom is 0.327 e. The number of carboxylic acid groups (broad SMARTS) is 2. The van der Waals surface area contributed by atoms with Crippen LogP contribution in [0.4, 0.5) is 5.69 Å². The van der Waals surface area contributed by atoms with Gasteiger partial charge in [0.2, 0.25) is 0 Å². The molecule has 0 unspecified atom stereocenters. The fraction of sp³-hybridized carbons (Fsp3) is 0.192. The highest BCUT2D eigenvalue weighted by molar-refractivity contribution is 7.14. The molecule has 10 nitrogen and oxygen atoms in total. The number of aromatic amines is 1. The number of aliphatic carboxylic acids is 2. The Morgan fingerprint density at radius 3 is 2.62 bits per heavy atom. The average molecular weight is 519 g/mol. The van der Waals surface area contributed by atoms with Crippen LogP contribution in [-0.4, -0.2) is 36.1 Å². The maximum atomic E-state index is 12.8. The summed E-state index contributed by atoms with van der Waals surface area (Å²) in [6, 6.07) is 13.5. The summed E-state index contributed by atoms with van der Waals surface area (Å²) in [4.78, 5) is 55.2. The molecule has 0 radical (unpaired) electrons. The van der Waals surface area contributed by atoms with E-state index in [2.05, 4.69) is 15.3 Å². The Morgan fingerprint density at radius 1 is 1.08 bits per heavy atom. The van der Waals surface area contributed by atoms with Crippen LogP contribution in [0.2, 0.25) is 0 Å². The molecule has 0 saturated heterocycles. The second-order valence-corrected chi connectivity index (χ2v) is 9.76. The SMILES string of the molecule is Cc1nc2ccc3ccc(CNc4ccc5c(=O)n([C@H](CCC(=O)O)C(=O)O)sc5c4)cc3c2c(=O)[nH]1. The van der Waals surface area contributed by atoms with Gasteiger partial charge in [-0.2, -0.15) is 0 Å². The number of carbonyl (C=O) groups is 2. The van der Waals surface area contributed by atoms with Crippen LogP contribution in [0.1, 0.15) is 30.3 Å². The first-order valence-corrected chi connectivity index (χ1v) is 12.2. The van der Waals surface area contributed by atoms with E-state index in [1.807, 2.05) is 30.3 Å². The van der Waals surface area contributed by atoms with E-state index in [4.69, 9.17) is 5.11 Å². The Balaban J connectivity index is 1.43. The lowest BCUT2D eigenvalue weighted by atomic mass is 10.0. The number of aromatic nitrogens is 3. The van der Waals surface area contributed by atoms with E-state index < -0.39 is 23.5 Å². The van der Waals surface area contributed by atoms with Gasteiger partial charge in [0.25, 0.3) is 11.1 Å². The topological polar surface area (TPSA) is 154 Å². The van der Waals surface area contributed by atoms with E-state index in [9.17, 15) is 24.3 Å². The minimum Gasteiger partial charge on any atom is -0.481 e. The number of benzene rings is 3. The Bertz CT molecular complexity index is 1820. The number of hydrogen-bond donors (Lipinski definition) is 4. The smallest absolute Gasteiger partial charge is 0.327 e. The molecule has 0 bridgehead atoms. The summed E-state index contributed by atoms with van der Waals surface area (Å²) < 4.78 is 1.72. The summed E-state index contributed by atoms with van der Waals surface area (Å²) in [7, 11) is 0. The summed E-state index contributed by atoms with van der Waals surface area (Å²) >= 11 is 0.999. The highest BCUT2D eigenvalue weighted by atomic mass is 32.1. The number of H-pyrrole nitrogens is 1. The molecule has 1 atom stereocenters. The predicted octanol–water partition coefficient (Wildman–Crippen LogP) is 3.86. The molecule has 0 aliphatic rings. The zero-order valence-corrected chi connectivity index (χ0v) is 20.5. The minimum absolute atomic E-state index is 0.183. The average Bonchev–Trinajstić information content (AvgIpc) is 3.17. The maximum absolute atomic E-state index is 12.8. The first-order valence-electron chi connectivity index (χ1n) is 11.5. The third-order valence-electron chi connectivity index (χ3n) is 6.18. The minimum atomic E-state index is -1.25. The third kappa shape index (κ3) is 4.68. The first-order chi connectivity index (χ1) is 17.7. The highest BCUT2D eigenvalue weighted by Crippen LogP contribution is 2.27. The molecule has 5 aromatic rings. The van der Waals surface area contributed by atoms with Gasteiger partial charge >= 0.3 is 11.9 Å². The van der Waals surface area contributed by atoms with Crippen molar-refractivity contribution in [2.24, 2.45) is 0 Å². The molecule has 0 fully saturated rings. The van der Waals surface area contributed by atoms with Gasteiger partial charge in [-0.25, -0.2) is 13.7 Å². The Kier molecular flexibility index (Phi) is 6.22. The standard InChI is InChI=1S/C26H22N4O6S/c1-13-28-19-7-4-15-3-2-14(10-18(15)23(19)24(33)29-13)12-27-16-5-6-17-21(11-16)37-30(25(17)34)20(26(35)36)8-9-22(31)32/h2-7,10-11,20,27H,8-9,12H2,1H3,(H,31,32)(H,35,36)(H,28,29,33)/t20-/m1/s1. The van der Waals surface area contributed by atoms with Crippen LogP contribution >= 0.6 is 11.5 Å². The summed E-state index contributed by atoms with van der Waals surface area (Å²) in [6.07, 6.45) is -0.538. The van der Waals surface area contributed by atoms with Crippen LogP contribution in [-0.2, 0) is 16.1 Å². The van der Waals surface area contributed by atoms with Crippen molar-refractivity contribution < 1.29 is 19.8 Å². The third-order valence-corrected chi connectivity index (χ3v) is 7.33. The van der Waals surface area contributed by atoms with E-state index in [-0.39, 0.29) is 18.4 Å². The number of nitrogens with one attached hydrogen (secondary N) is 2. The van der Waals surface area contributed by atoms with Gasteiger partial charge in [-0.3, -0.25) is 14.4 Å². The zero-order chi connectivity index (χ0) is 26.3. The van der Waals surface area contributed by atoms with Crippen LogP contribution in [0.3, 0.4) is 0 Å². The van der Waals surface area contributed by atoms with Gasteiger partial charge in [0.1, 0.15) is 11.9 Å². The molecular formula is C26H22N4O6S. The Morgan fingerprint density at radius 2 is 1.86 bits per heavy atom. The highest BCUT2D eigenvalue weighted by Gasteiger charge is 2.24. The van der Waals surface area contributed by atoms with E-state index >= 15 is 0 Å². The lowest BCUT2D eigenvalue weighted by Gasteiger charge is -2.10. The molecule has 0 spiro atoms. The molecule has 0 aliphatic heterocycles. The number of nitrogens with zero attached hydrogens (tertiary/aromatic N) is 2. The lowest BCUT2D eigenvalue weighted by molar-refractivity contribution is -0.141. The lowest BCUT2D eigenvalue weighted by Crippen LogP contribution is -2.26. The van der Waals surface area contributed by atoms with Crippen molar-refractivity contribution in [2.45, 2.75) is 32.4 Å². The Hall–Kier alpha value is -4.51. The van der Waals surface area contributed by atoms with Crippen LogP contribution < -0.4 is 16.4 Å². The van der Waals surface area contributed by atoms with Gasteiger partial charge in [0.05, 0.1) is 21.0 Å². The molecule has 11 heteroatoms. The van der Waals surface area contributed by atoms with Gasteiger partial charge in [0, 0.05) is 18.7 Å². The summed E-state index contributed by atoms with van der Waals surface area (Å²) in [5.41, 5.74) is 1.65. The van der Waals surface area contributed by atoms with Gasteiger partial charge in [-0.15, -0.1) is 0 Å². The number of carboxylic acids is 2. The number of aryl methyl sites for hydroxylation is 1. The molecule has 0 amide bonds. The molecule has 3 aromatic carbocycles. The van der Waals surface area contributed by atoms with Crippen molar-refractivity contribution in [3.8, 4) is 0 Å². The van der Waals surface area contributed by atoms with Crippen LogP contribution in [0, 0.1) is 6.92 Å². The fourth-order valence-electron chi connectivity index (χ4n) is 4.39. The quantitative estimate of drug-likeness (QED) is 0.226. The summed E-state index contributed by atoms with van der Waals surface area (Å²) in [6.45, 7) is 2.19. The molecule has 0 aliphatic carbocycles. The number of rotatable bonds is 8. The molecular weight excluding hydrogens is 496 g/mol. The van der Waals surface area contributed by atoms with Crippen LogP contribution in [0.5, 0.6) is 0 Å². The largest absolute Gasteiger partial charge is 0.481 e. The molecule has 4 N–H and O–H groups in total. The first kappa shape index (κ1) is 24.2. The van der Waals surface area contributed by atoms with Gasteiger partial charge in [0.15, 0.2) is 0 Å². The van der Waals surface area contributed by atoms with Gasteiger partial charge in [-0.1, -0.05) is 29.7 Å². The fourth-order valence-corrected chi connectivity index (χ4v) is 5.54. The second kappa shape index (κ2) is 9.51. The molecule has 5 rings (SSSR count). The number of hydrogen-bond acceptors (Lipinski definition) is 7. The van der Waals surface area contributed by atoms with E-state index in [1.54, 1.807) is 25.1 Å². The van der Waals surface area contributed by atoms with Crippen molar-refractivity contribution in [1.82, 2.24) is 13.9 Å². The molecule has 2 aromatic heterocycles. The molecule has 0 saturated carbocycles. The van der Waals surface area contributed by atoms with E-state index in [0.29, 0.717) is 33.4 Å². The molecule has 37 heavy (non-hydrogen) atoms. The van der Waals surface area contributed by atoms with E-state index in [1.165, 1.54) is 0 Å². The monoisotopic (exact) mass is 518 g/mol.